The normalized spacial score (nSPS) is 10.4. The third-order valence-corrected chi connectivity index (χ3v) is 2.14. The smallest absolute Gasteiger partial charge is 0.291 e. The van der Waals surface area contributed by atoms with Gasteiger partial charge in [0, 0.05) is 12.5 Å². The molecule has 0 saturated carbocycles. The largest absolute Gasteiger partial charge is 0.360 e. The summed E-state index contributed by atoms with van der Waals surface area (Å²) >= 11 is 0. The average Bonchev–Trinajstić information content (AvgIpc) is 2.97. The zero-order chi connectivity index (χ0) is 12.1. The number of nitrogens with one attached hydrogen (secondary N) is 2. The first kappa shape index (κ1) is 11.3. The van der Waals surface area contributed by atoms with Crippen LogP contribution in [0.4, 0.5) is 0 Å². The Morgan fingerprint density at radius 2 is 2.47 bits per heavy atom. The summed E-state index contributed by atoms with van der Waals surface area (Å²) in [7, 11) is 0. The van der Waals surface area contributed by atoms with Crippen LogP contribution < -0.4 is 5.32 Å². The van der Waals surface area contributed by atoms with Gasteiger partial charge in [0.25, 0.3) is 5.91 Å². The number of carbonyl (C=O) groups is 1. The van der Waals surface area contributed by atoms with Gasteiger partial charge in [-0.25, -0.2) is 4.98 Å². The van der Waals surface area contributed by atoms with E-state index in [1.165, 1.54) is 6.20 Å². The van der Waals surface area contributed by atoms with Crippen LogP contribution in [0.15, 0.2) is 16.8 Å². The second kappa shape index (κ2) is 5.24. The van der Waals surface area contributed by atoms with Crippen molar-refractivity contribution in [2.45, 2.75) is 26.3 Å². The molecule has 7 heteroatoms. The lowest BCUT2D eigenvalue weighted by atomic mass is 10.3. The van der Waals surface area contributed by atoms with E-state index in [9.17, 15) is 4.79 Å². The van der Waals surface area contributed by atoms with Crippen molar-refractivity contribution < 1.29 is 9.32 Å². The van der Waals surface area contributed by atoms with Crippen LogP contribution in [0.1, 0.15) is 35.5 Å². The summed E-state index contributed by atoms with van der Waals surface area (Å²) in [4.78, 5) is 15.7. The molecule has 2 aromatic rings. The van der Waals surface area contributed by atoms with Crippen LogP contribution >= 0.6 is 0 Å². The molecule has 0 radical (unpaired) electrons. The highest BCUT2D eigenvalue weighted by Gasteiger charge is 2.12. The monoisotopic (exact) mass is 235 g/mol. The lowest BCUT2D eigenvalue weighted by Crippen LogP contribution is -2.23. The lowest BCUT2D eigenvalue weighted by Gasteiger charge is -1.97. The number of rotatable bonds is 5. The fourth-order valence-corrected chi connectivity index (χ4v) is 1.33. The van der Waals surface area contributed by atoms with E-state index in [4.69, 9.17) is 4.52 Å². The van der Waals surface area contributed by atoms with E-state index in [-0.39, 0.29) is 18.3 Å². The van der Waals surface area contributed by atoms with Crippen LogP contribution in [0.25, 0.3) is 0 Å². The number of aromatic amines is 1. The molecule has 2 heterocycles. The maximum absolute atomic E-state index is 11.6. The highest BCUT2D eigenvalue weighted by Crippen LogP contribution is 1.98. The van der Waals surface area contributed by atoms with E-state index in [0.717, 1.165) is 18.7 Å². The molecule has 0 bridgehead atoms. The van der Waals surface area contributed by atoms with E-state index in [1.54, 1.807) is 6.07 Å². The van der Waals surface area contributed by atoms with Crippen molar-refractivity contribution >= 4 is 5.91 Å². The molecular formula is C10H13N5O2. The molecular weight excluding hydrogens is 222 g/mol. The Morgan fingerprint density at radius 3 is 3.18 bits per heavy atom. The van der Waals surface area contributed by atoms with Gasteiger partial charge in [-0.15, -0.1) is 5.10 Å². The number of aromatic nitrogens is 4. The fraction of sp³-hybridized carbons (Fsp3) is 0.400. The molecule has 7 nitrogen and oxygen atoms in total. The molecule has 0 unspecified atom stereocenters. The summed E-state index contributed by atoms with van der Waals surface area (Å²) in [5.41, 5.74) is 0. The van der Waals surface area contributed by atoms with Gasteiger partial charge in [0.2, 0.25) is 5.82 Å². The molecule has 0 aliphatic heterocycles. The van der Waals surface area contributed by atoms with Crippen LogP contribution in [-0.2, 0) is 13.0 Å². The van der Waals surface area contributed by atoms with Crippen molar-refractivity contribution in [3.8, 4) is 0 Å². The number of amides is 1. The van der Waals surface area contributed by atoms with Gasteiger partial charge in [0.05, 0.1) is 12.7 Å². The van der Waals surface area contributed by atoms with Crippen molar-refractivity contribution in [1.82, 2.24) is 25.7 Å². The van der Waals surface area contributed by atoms with Crippen LogP contribution in [0, 0.1) is 0 Å². The summed E-state index contributed by atoms with van der Waals surface area (Å²) in [6.45, 7) is 2.31. The van der Waals surface area contributed by atoms with Crippen molar-refractivity contribution in [1.29, 1.82) is 0 Å². The first-order chi connectivity index (χ1) is 8.29. The zero-order valence-corrected chi connectivity index (χ0v) is 9.43. The number of carbonyl (C=O) groups excluding carboxylic acids is 1. The maximum Gasteiger partial charge on any atom is 0.291 e. The summed E-state index contributed by atoms with van der Waals surface area (Å²) in [5.74, 6) is 1.12. The average molecular weight is 235 g/mol. The molecule has 2 aromatic heterocycles. The molecule has 1 amide bonds. The number of nitrogens with zero attached hydrogens (tertiary/aromatic N) is 3. The summed E-state index contributed by atoms with van der Waals surface area (Å²) < 4.78 is 4.85. The molecule has 0 saturated heterocycles. The van der Waals surface area contributed by atoms with E-state index >= 15 is 0 Å². The SMILES string of the molecule is CCCc1nc(C(=O)NCc2ccno2)n[nH]1. The zero-order valence-electron chi connectivity index (χ0n) is 9.43. The lowest BCUT2D eigenvalue weighted by molar-refractivity contribution is 0.0937. The second-order valence-electron chi connectivity index (χ2n) is 3.52. The predicted molar refractivity (Wildman–Crippen MR) is 58.1 cm³/mol. The van der Waals surface area contributed by atoms with Crippen LogP contribution in [-0.4, -0.2) is 26.2 Å². The molecule has 0 aliphatic rings. The molecule has 0 atom stereocenters. The van der Waals surface area contributed by atoms with Crippen LogP contribution in [0.2, 0.25) is 0 Å². The molecule has 17 heavy (non-hydrogen) atoms. The highest BCUT2D eigenvalue weighted by molar-refractivity contribution is 5.90. The molecule has 2 rings (SSSR count). The molecule has 0 aromatic carbocycles. The fourth-order valence-electron chi connectivity index (χ4n) is 1.33. The third-order valence-electron chi connectivity index (χ3n) is 2.14. The van der Waals surface area contributed by atoms with E-state index in [2.05, 4.69) is 25.7 Å². The predicted octanol–water partition coefficient (Wildman–Crippen LogP) is 0.675. The number of hydrogen-bond acceptors (Lipinski definition) is 5. The summed E-state index contributed by atoms with van der Waals surface area (Å²) in [5, 5.41) is 12.7. The minimum absolute atomic E-state index is 0.146. The van der Waals surface area contributed by atoms with Gasteiger partial charge in [-0.1, -0.05) is 12.1 Å². The van der Waals surface area contributed by atoms with E-state index in [1.807, 2.05) is 6.92 Å². The van der Waals surface area contributed by atoms with Gasteiger partial charge in [-0.05, 0) is 6.42 Å². The first-order valence-electron chi connectivity index (χ1n) is 5.38. The Labute approximate surface area is 97.6 Å². The van der Waals surface area contributed by atoms with Crippen molar-refractivity contribution in [3.05, 3.63) is 29.7 Å². The van der Waals surface area contributed by atoms with Gasteiger partial charge in [-0.2, -0.15) is 0 Å². The van der Waals surface area contributed by atoms with E-state index < -0.39 is 0 Å². The number of aryl methyl sites for hydroxylation is 1. The van der Waals surface area contributed by atoms with Gasteiger partial charge < -0.3 is 9.84 Å². The quantitative estimate of drug-likeness (QED) is 0.794. The van der Waals surface area contributed by atoms with Crippen molar-refractivity contribution in [2.24, 2.45) is 0 Å². The Hall–Kier alpha value is -2.18. The van der Waals surface area contributed by atoms with Crippen LogP contribution in [0.3, 0.4) is 0 Å². The number of hydrogen-bond donors (Lipinski definition) is 2. The van der Waals surface area contributed by atoms with E-state index in [0.29, 0.717) is 5.76 Å². The molecule has 90 valence electrons. The Balaban J connectivity index is 1.90. The molecule has 0 fully saturated rings. The van der Waals surface area contributed by atoms with Gasteiger partial charge in [0.15, 0.2) is 5.76 Å². The van der Waals surface area contributed by atoms with Gasteiger partial charge in [0.1, 0.15) is 5.82 Å². The minimum atomic E-state index is -0.333. The Morgan fingerprint density at radius 1 is 1.59 bits per heavy atom. The van der Waals surface area contributed by atoms with Crippen molar-refractivity contribution in [3.63, 3.8) is 0 Å². The molecule has 0 spiro atoms. The summed E-state index contributed by atoms with van der Waals surface area (Å²) in [6.07, 6.45) is 3.25. The summed E-state index contributed by atoms with van der Waals surface area (Å²) in [6, 6.07) is 1.68. The number of H-pyrrole nitrogens is 1. The second-order valence-corrected chi connectivity index (χ2v) is 3.52. The van der Waals surface area contributed by atoms with Gasteiger partial charge >= 0.3 is 0 Å². The molecule has 2 N–H and O–H groups in total. The Kier molecular flexibility index (Phi) is 3.49. The van der Waals surface area contributed by atoms with Crippen molar-refractivity contribution in [2.75, 3.05) is 0 Å². The van der Waals surface area contributed by atoms with Crippen LogP contribution in [0.5, 0.6) is 0 Å². The Bertz CT molecular complexity index is 477. The minimum Gasteiger partial charge on any atom is -0.360 e. The standard InChI is InChI=1S/C10H13N5O2/c1-2-3-8-13-9(15-14-8)10(16)11-6-7-4-5-12-17-7/h4-5H,2-3,6H2,1H3,(H,11,16)(H,13,14,15). The first-order valence-corrected chi connectivity index (χ1v) is 5.38. The van der Waals surface area contributed by atoms with Gasteiger partial charge in [-0.3, -0.25) is 9.89 Å². The third kappa shape index (κ3) is 2.90. The molecule has 0 aliphatic carbocycles. The highest BCUT2D eigenvalue weighted by atomic mass is 16.5. The topological polar surface area (TPSA) is 96.7 Å². The maximum atomic E-state index is 11.6.